The van der Waals surface area contributed by atoms with Gasteiger partial charge in [0.2, 0.25) is 5.91 Å². The van der Waals surface area contributed by atoms with Gasteiger partial charge < -0.3 is 10.2 Å². The molecule has 0 spiro atoms. The number of rotatable bonds is 3. The third-order valence-electron chi connectivity index (χ3n) is 2.40. The molecule has 0 aliphatic carbocycles. The summed E-state index contributed by atoms with van der Waals surface area (Å²) in [6.45, 7) is 9.34. The second-order valence-electron chi connectivity index (χ2n) is 3.85. The molecular weight excluding hydrogens is 164 g/mol. The van der Waals surface area contributed by atoms with E-state index in [2.05, 4.69) is 11.9 Å². The fourth-order valence-corrected chi connectivity index (χ4v) is 1.55. The number of nitrogens with zero attached hydrogens (tertiary/aromatic N) is 1. The summed E-state index contributed by atoms with van der Waals surface area (Å²) in [6, 6.07) is 0.222. The van der Waals surface area contributed by atoms with Gasteiger partial charge in [-0.3, -0.25) is 4.79 Å². The van der Waals surface area contributed by atoms with Gasteiger partial charge in [-0.1, -0.05) is 20.4 Å². The van der Waals surface area contributed by atoms with Crippen molar-refractivity contribution in [1.29, 1.82) is 0 Å². The minimum absolute atomic E-state index is 0.0902. The normalized spacial score (nSPS) is 22.0. The number of hydrogen-bond acceptors (Lipinski definition) is 2. The van der Waals surface area contributed by atoms with Gasteiger partial charge in [-0.05, 0) is 12.6 Å². The quantitative estimate of drug-likeness (QED) is 0.649. The van der Waals surface area contributed by atoms with E-state index in [4.69, 9.17) is 0 Å². The Hall–Kier alpha value is -0.830. The topological polar surface area (TPSA) is 32.3 Å². The molecule has 1 aliphatic heterocycles. The maximum Gasteiger partial charge on any atom is 0.225 e. The maximum atomic E-state index is 11.6. The Balaban J connectivity index is 2.53. The van der Waals surface area contributed by atoms with Crippen LogP contribution in [0.4, 0.5) is 0 Å². The molecular formula is C10H18N2O. The molecule has 1 atom stereocenters. The van der Waals surface area contributed by atoms with Crippen molar-refractivity contribution in [3.8, 4) is 0 Å². The van der Waals surface area contributed by atoms with Crippen molar-refractivity contribution < 1.29 is 4.79 Å². The van der Waals surface area contributed by atoms with Gasteiger partial charge in [0.25, 0.3) is 0 Å². The molecule has 1 saturated heterocycles. The van der Waals surface area contributed by atoms with Crippen LogP contribution in [0.1, 0.15) is 13.8 Å². The standard InChI is InChI=1S/C10H18N2O/c1-7(2)10(13)12-6-8(3)9(12)5-11-4/h7,9,11H,3,5-6H2,1-2,4H3. The lowest BCUT2D eigenvalue weighted by Crippen LogP contribution is -2.57. The first kappa shape index (κ1) is 10.3. The van der Waals surface area contributed by atoms with Crippen LogP contribution in [0.15, 0.2) is 12.2 Å². The maximum absolute atomic E-state index is 11.6. The van der Waals surface area contributed by atoms with E-state index in [0.29, 0.717) is 0 Å². The van der Waals surface area contributed by atoms with Crippen LogP contribution in [-0.4, -0.2) is 37.0 Å². The monoisotopic (exact) mass is 182 g/mol. The zero-order chi connectivity index (χ0) is 10.0. The van der Waals surface area contributed by atoms with Crippen LogP contribution in [0.5, 0.6) is 0 Å². The largest absolute Gasteiger partial charge is 0.330 e. The lowest BCUT2D eigenvalue weighted by Gasteiger charge is -2.44. The van der Waals surface area contributed by atoms with Crippen LogP contribution in [-0.2, 0) is 4.79 Å². The summed E-state index contributed by atoms with van der Waals surface area (Å²) < 4.78 is 0. The van der Waals surface area contributed by atoms with E-state index >= 15 is 0 Å². The van der Waals surface area contributed by atoms with Crippen molar-refractivity contribution in [2.24, 2.45) is 5.92 Å². The van der Waals surface area contributed by atoms with Crippen LogP contribution < -0.4 is 5.32 Å². The van der Waals surface area contributed by atoms with Crippen LogP contribution >= 0.6 is 0 Å². The van der Waals surface area contributed by atoms with Crippen LogP contribution in [0.2, 0.25) is 0 Å². The van der Waals surface area contributed by atoms with E-state index in [0.717, 1.165) is 18.7 Å². The molecule has 1 unspecified atom stereocenters. The van der Waals surface area contributed by atoms with Crippen LogP contribution in [0.25, 0.3) is 0 Å². The fourth-order valence-electron chi connectivity index (χ4n) is 1.55. The average Bonchev–Trinajstić information content (AvgIpc) is 2.09. The van der Waals surface area contributed by atoms with E-state index in [1.54, 1.807) is 0 Å². The van der Waals surface area contributed by atoms with Crippen LogP contribution in [0, 0.1) is 5.92 Å². The number of carbonyl (C=O) groups excluding carboxylic acids is 1. The van der Waals surface area contributed by atoms with Crippen molar-refractivity contribution in [3.05, 3.63) is 12.2 Å². The highest BCUT2D eigenvalue weighted by atomic mass is 16.2. The van der Waals surface area contributed by atoms with E-state index in [1.807, 2.05) is 25.8 Å². The van der Waals surface area contributed by atoms with Gasteiger partial charge >= 0.3 is 0 Å². The fraction of sp³-hybridized carbons (Fsp3) is 0.700. The molecule has 74 valence electrons. The molecule has 0 aromatic rings. The molecule has 0 bridgehead atoms. The predicted molar refractivity (Wildman–Crippen MR) is 53.4 cm³/mol. The van der Waals surface area contributed by atoms with Crippen molar-refractivity contribution in [2.75, 3.05) is 20.1 Å². The SMILES string of the molecule is C=C1CN(C(=O)C(C)C)C1CNC. The Morgan fingerprint density at radius 3 is 2.77 bits per heavy atom. The molecule has 3 nitrogen and oxygen atoms in total. The Kier molecular flexibility index (Phi) is 3.09. The number of likely N-dealkylation sites (tertiary alicyclic amines) is 1. The molecule has 1 amide bonds. The highest BCUT2D eigenvalue weighted by Gasteiger charge is 2.35. The van der Waals surface area contributed by atoms with Crippen molar-refractivity contribution in [3.63, 3.8) is 0 Å². The summed E-state index contributed by atoms with van der Waals surface area (Å²) in [5, 5.41) is 3.07. The van der Waals surface area contributed by atoms with Gasteiger partial charge in [-0.15, -0.1) is 0 Å². The molecule has 0 aromatic carbocycles. The molecule has 1 heterocycles. The van der Waals surface area contributed by atoms with Gasteiger partial charge in [-0.25, -0.2) is 0 Å². The van der Waals surface area contributed by atoms with E-state index in [1.165, 1.54) is 0 Å². The molecule has 0 radical (unpaired) electrons. The zero-order valence-electron chi connectivity index (χ0n) is 8.63. The highest BCUT2D eigenvalue weighted by Crippen LogP contribution is 2.23. The van der Waals surface area contributed by atoms with Gasteiger partial charge in [0.05, 0.1) is 6.04 Å². The minimum Gasteiger partial charge on any atom is -0.330 e. The lowest BCUT2D eigenvalue weighted by atomic mass is 9.95. The third kappa shape index (κ3) is 1.91. The van der Waals surface area contributed by atoms with Gasteiger partial charge in [0, 0.05) is 19.0 Å². The first-order valence-electron chi connectivity index (χ1n) is 4.70. The van der Waals surface area contributed by atoms with E-state index in [9.17, 15) is 4.79 Å². The Morgan fingerprint density at radius 2 is 2.38 bits per heavy atom. The molecule has 0 aromatic heterocycles. The summed E-state index contributed by atoms with van der Waals surface area (Å²) in [5.74, 6) is 0.320. The highest BCUT2D eigenvalue weighted by molar-refractivity contribution is 5.80. The van der Waals surface area contributed by atoms with Crippen molar-refractivity contribution >= 4 is 5.91 Å². The van der Waals surface area contributed by atoms with Crippen LogP contribution in [0.3, 0.4) is 0 Å². The first-order valence-corrected chi connectivity index (χ1v) is 4.70. The Labute approximate surface area is 79.8 Å². The minimum atomic E-state index is 0.0902. The number of hydrogen-bond donors (Lipinski definition) is 1. The van der Waals surface area contributed by atoms with Gasteiger partial charge in [-0.2, -0.15) is 0 Å². The molecule has 13 heavy (non-hydrogen) atoms. The summed E-state index contributed by atoms with van der Waals surface area (Å²) >= 11 is 0. The first-order chi connectivity index (χ1) is 6.07. The number of carbonyl (C=O) groups is 1. The molecule has 1 N–H and O–H groups in total. The lowest BCUT2D eigenvalue weighted by molar-refractivity contribution is -0.138. The molecule has 1 fully saturated rings. The van der Waals surface area contributed by atoms with Gasteiger partial charge in [0.15, 0.2) is 0 Å². The molecule has 0 saturated carbocycles. The smallest absolute Gasteiger partial charge is 0.225 e. The van der Waals surface area contributed by atoms with Gasteiger partial charge in [0.1, 0.15) is 0 Å². The number of likely N-dealkylation sites (N-methyl/N-ethyl adjacent to an activating group) is 1. The van der Waals surface area contributed by atoms with E-state index in [-0.39, 0.29) is 17.9 Å². The average molecular weight is 182 g/mol. The summed E-state index contributed by atoms with van der Waals surface area (Å²) in [5.41, 5.74) is 1.16. The molecule has 1 rings (SSSR count). The Bertz CT molecular complexity index is 223. The predicted octanol–water partition coefficient (Wildman–Crippen LogP) is 0.629. The van der Waals surface area contributed by atoms with Crippen molar-refractivity contribution in [2.45, 2.75) is 19.9 Å². The second-order valence-corrected chi connectivity index (χ2v) is 3.85. The summed E-state index contributed by atoms with van der Waals surface area (Å²) in [6.07, 6.45) is 0. The molecule has 3 heteroatoms. The third-order valence-corrected chi connectivity index (χ3v) is 2.40. The summed E-state index contributed by atoms with van der Waals surface area (Å²) in [7, 11) is 1.89. The second kappa shape index (κ2) is 3.92. The Morgan fingerprint density at radius 1 is 1.77 bits per heavy atom. The van der Waals surface area contributed by atoms with Crippen molar-refractivity contribution in [1.82, 2.24) is 10.2 Å². The number of nitrogens with one attached hydrogen (secondary N) is 1. The number of amides is 1. The van der Waals surface area contributed by atoms with E-state index < -0.39 is 0 Å². The summed E-state index contributed by atoms with van der Waals surface area (Å²) in [4.78, 5) is 13.5. The molecule has 1 aliphatic rings. The zero-order valence-corrected chi connectivity index (χ0v) is 8.63.